The maximum atomic E-state index is 11.6. The first-order chi connectivity index (χ1) is 7.58. The molecule has 0 radical (unpaired) electrons. The first-order valence-electron chi connectivity index (χ1n) is 5.33. The Kier molecular flexibility index (Phi) is 3.09. The van der Waals surface area contributed by atoms with Crippen LogP contribution < -0.4 is 5.32 Å². The molecule has 1 aliphatic rings. The zero-order valence-electron chi connectivity index (χ0n) is 9.18. The predicted octanol–water partition coefficient (Wildman–Crippen LogP) is 0.774. The molecule has 6 heteroatoms. The molecule has 88 valence electrons. The van der Waals surface area contributed by atoms with E-state index in [-0.39, 0.29) is 5.25 Å². The van der Waals surface area contributed by atoms with Gasteiger partial charge in [0, 0.05) is 6.54 Å². The monoisotopic (exact) mass is 241 g/mol. The van der Waals surface area contributed by atoms with Crippen LogP contribution in [0.1, 0.15) is 18.4 Å². The number of hydrogen-bond donors (Lipinski definition) is 1. The van der Waals surface area contributed by atoms with Crippen LogP contribution in [0.2, 0.25) is 0 Å². The number of aromatic nitrogens is 2. The smallest absolute Gasteiger partial charge is 0.154 e. The van der Waals surface area contributed by atoms with Gasteiger partial charge in [0.25, 0.3) is 0 Å². The molecule has 1 N–H and O–H groups in total. The number of hydrogen-bond acceptors (Lipinski definition) is 5. The summed E-state index contributed by atoms with van der Waals surface area (Å²) in [6.07, 6.45) is 3.18. The Morgan fingerprint density at radius 2 is 2.38 bits per heavy atom. The van der Waals surface area contributed by atoms with Crippen LogP contribution >= 0.6 is 0 Å². The van der Waals surface area contributed by atoms with Crippen molar-refractivity contribution in [1.29, 1.82) is 0 Å². The lowest BCUT2D eigenvalue weighted by molar-refractivity contribution is 0.591. The van der Waals surface area contributed by atoms with Crippen molar-refractivity contribution >= 4 is 15.7 Å². The first-order valence-corrected chi connectivity index (χ1v) is 7.04. The van der Waals surface area contributed by atoms with E-state index < -0.39 is 9.84 Å². The highest BCUT2D eigenvalue weighted by Gasteiger charge is 2.30. The average molecular weight is 241 g/mol. The molecule has 1 saturated heterocycles. The minimum Gasteiger partial charge on any atom is -0.367 e. The molecule has 2 rings (SSSR count). The highest BCUT2D eigenvalue weighted by molar-refractivity contribution is 7.92. The maximum Gasteiger partial charge on any atom is 0.154 e. The maximum absolute atomic E-state index is 11.6. The van der Waals surface area contributed by atoms with Crippen molar-refractivity contribution in [3.8, 4) is 0 Å². The van der Waals surface area contributed by atoms with Gasteiger partial charge in [-0.2, -0.15) is 5.10 Å². The molecule has 1 atom stereocenters. The molecule has 0 spiro atoms. The summed E-state index contributed by atoms with van der Waals surface area (Å²) in [5.74, 6) is 0.959. The average Bonchev–Trinajstić information content (AvgIpc) is 2.55. The van der Waals surface area contributed by atoms with Crippen LogP contribution in [-0.2, 0) is 9.84 Å². The number of nitrogens with one attached hydrogen (secondary N) is 1. The van der Waals surface area contributed by atoms with Crippen LogP contribution in [0.3, 0.4) is 0 Å². The number of rotatable bonds is 3. The van der Waals surface area contributed by atoms with E-state index in [4.69, 9.17) is 0 Å². The highest BCUT2D eigenvalue weighted by Crippen LogP contribution is 2.20. The van der Waals surface area contributed by atoms with Crippen molar-refractivity contribution in [2.24, 2.45) is 0 Å². The molecule has 0 aromatic carbocycles. The second-order valence-electron chi connectivity index (χ2n) is 4.13. The lowest BCUT2D eigenvalue weighted by Crippen LogP contribution is -2.25. The number of nitrogens with zero attached hydrogens (tertiary/aromatic N) is 2. The Morgan fingerprint density at radius 1 is 1.56 bits per heavy atom. The van der Waals surface area contributed by atoms with Gasteiger partial charge in [-0.1, -0.05) is 0 Å². The molecule has 16 heavy (non-hydrogen) atoms. The van der Waals surface area contributed by atoms with Crippen LogP contribution in [0.25, 0.3) is 0 Å². The molecule has 0 aliphatic carbocycles. The fourth-order valence-corrected chi connectivity index (χ4v) is 3.62. The Bertz CT molecular complexity index is 473. The molecule has 1 aliphatic heterocycles. The number of anilines is 1. The number of aryl methyl sites for hydroxylation is 1. The summed E-state index contributed by atoms with van der Waals surface area (Å²) in [4.78, 5) is 0. The molecule has 0 amide bonds. The van der Waals surface area contributed by atoms with Crippen molar-refractivity contribution in [2.45, 2.75) is 25.0 Å². The van der Waals surface area contributed by atoms with E-state index in [2.05, 4.69) is 15.5 Å². The number of sulfone groups is 1. The van der Waals surface area contributed by atoms with Gasteiger partial charge in [-0.25, -0.2) is 8.42 Å². The molecule has 1 aromatic rings. The second kappa shape index (κ2) is 4.37. The standard InChI is InChI=1S/C10H15N3O2S/c1-8-5-10(13-12-6-8)11-7-9-3-2-4-16(9,14)15/h5-6,9H,2-4,7H2,1H3,(H,11,13). The summed E-state index contributed by atoms with van der Waals surface area (Å²) in [5.41, 5.74) is 1.01. The van der Waals surface area contributed by atoms with E-state index in [0.717, 1.165) is 18.4 Å². The largest absolute Gasteiger partial charge is 0.367 e. The van der Waals surface area contributed by atoms with Crippen molar-refractivity contribution < 1.29 is 8.42 Å². The molecule has 5 nitrogen and oxygen atoms in total. The van der Waals surface area contributed by atoms with E-state index in [1.165, 1.54) is 0 Å². The fourth-order valence-electron chi connectivity index (χ4n) is 1.86. The molecule has 2 heterocycles. The lowest BCUT2D eigenvalue weighted by Gasteiger charge is -2.10. The first kappa shape index (κ1) is 11.3. The van der Waals surface area contributed by atoms with E-state index in [1.807, 2.05) is 13.0 Å². The summed E-state index contributed by atoms with van der Waals surface area (Å²) >= 11 is 0. The Balaban J connectivity index is 1.98. The van der Waals surface area contributed by atoms with E-state index >= 15 is 0 Å². The highest BCUT2D eigenvalue weighted by atomic mass is 32.2. The van der Waals surface area contributed by atoms with Crippen LogP contribution in [-0.4, -0.2) is 36.2 Å². The van der Waals surface area contributed by atoms with Crippen LogP contribution in [0.4, 0.5) is 5.82 Å². The summed E-state index contributed by atoms with van der Waals surface area (Å²) in [6, 6.07) is 1.86. The molecular weight excluding hydrogens is 226 g/mol. The third-order valence-electron chi connectivity index (χ3n) is 2.76. The van der Waals surface area contributed by atoms with Crippen LogP contribution in [0.15, 0.2) is 12.3 Å². The molecule has 1 unspecified atom stereocenters. The third kappa shape index (κ3) is 2.49. The molecule has 1 fully saturated rings. The summed E-state index contributed by atoms with van der Waals surface area (Å²) in [7, 11) is -2.88. The van der Waals surface area contributed by atoms with E-state index in [1.54, 1.807) is 6.20 Å². The van der Waals surface area contributed by atoms with Gasteiger partial charge in [0.1, 0.15) is 5.82 Å². The van der Waals surface area contributed by atoms with Crippen LogP contribution in [0.5, 0.6) is 0 Å². The van der Waals surface area contributed by atoms with Gasteiger partial charge in [-0.15, -0.1) is 5.10 Å². The Hall–Kier alpha value is -1.17. The van der Waals surface area contributed by atoms with Crippen molar-refractivity contribution in [3.05, 3.63) is 17.8 Å². The SMILES string of the molecule is Cc1cnnc(NCC2CCCS2(=O)=O)c1. The minimum atomic E-state index is -2.88. The lowest BCUT2D eigenvalue weighted by atomic mass is 10.2. The van der Waals surface area contributed by atoms with Gasteiger partial charge in [0.15, 0.2) is 9.84 Å². The van der Waals surface area contributed by atoms with Crippen molar-refractivity contribution in [3.63, 3.8) is 0 Å². The Labute approximate surface area is 95.2 Å². The van der Waals surface area contributed by atoms with Crippen molar-refractivity contribution in [2.75, 3.05) is 17.6 Å². The zero-order valence-corrected chi connectivity index (χ0v) is 10.00. The molecule has 1 aromatic heterocycles. The van der Waals surface area contributed by atoms with Crippen LogP contribution in [0, 0.1) is 6.92 Å². The second-order valence-corrected chi connectivity index (χ2v) is 6.53. The van der Waals surface area contributed by atoms with Gasteiger partial charge in [0.05, 0.1) is 17.2 Å². The van der Waals surface area contributed by atoms with Crippen molar-refractivity contribution in [1.82, 2.24) is 10.2 Å². The van der Waals surface area contributed by atoms with Gasteiger partial charge in [-0.3, -0.25) is 0 Å². The molecule has 0 saturated carbocycles. The summed E-state index contributed by atoms with van der Waals surface area (Å²) in [6.45, 7) is 2.35. The van der Waals surface area contributed by atoms with Gasteiger partial charge >= 0.3 is 0 Å². The quantitative estimate of drug-likeness (QED) is 0.846. The zero-order chi connectivity index (χ0) is 11.6. The summed E-state index contributed by atoms with van der Waals surface area (Å²) < 4.78 is 23.1. The predicted molar refractivity (Wildman–Crippen MR) is 62.1 cm³/mol. The summed E-state index contributed by atoms with van der Waals surface area (Å²) in [5, 5.41) is 10.5. The van der Waals surface area contributed by atoms with Gasteiger partial charge < -0.3 is 5.32 Å². The van der Waals surface area contributed by atoms with Gasteiger partial charge in [0.2, 0.25) is 0 Å². The third-order valence-corrected chi connectivity index (χ3v) is 5.04. The molecule has 0 bridgehead atoms. The fraction of sp³-hybridized carbons (Fsp3) is 0.600. The topological polar surface area (TPSA) is 72.0 Å². The normalized spacial score (nSPS) is 23.2. The molecular formula is C10H15N3O2S. The Morgan fingerprint density at radius 3 is 3.00 bits per heavy atom. The van der Waals surface area contributed by atoms with Gasteiger partial charge in [-0.05, 0) is 31.4 Å². The van der Waals surface area contributed by atoms with E-state index in [9.17, 15) is 8.42 Å². The minimum absolute atomic E-state index is 0.269. The van der Waals surface area contributed by atoms with E-state index in [0.29, 0.717) is 18.1 Å².